The molecule has 9 heteroatoms. The van der Waals surface area contributed by atoms with E-state index < -0.39 is 22.0 Å². The number of hydrogen-bond acceptors (Lipinski definition) is 4. The smallest absolute Gasteiger partial charge is 0.255 e. The van der Waals surface area contributed by atoms with E-state index in [0.29, 0.717) is 35.1 Å². The van der Waals surface area contributed by atoms with Crippen LogP contribution in [-0.2, 0) is 14.8 Å². The minimum Gasteiger partial charge on any atom is -0.339 e. The average molecular weight is 466 g/mol. The number of carbonyl (C=O) groups excluding carboxylic acids is 2. The molecular formula is C22H28ClN3O4S. The Morgan fingerprint density at radius 1 is 1.03 bits per heavy atom. The van der Waals surface area contributed by atoms with E-state index in [2.05, 4.69) is 5.32 Å². The van der Waals surface area contributed by atoms with Crippen molar-refractivity contribution in [1.29, 1.82) is 0 Å². The van der Waals surface area contributed by atoms with Gasteiger partial charge in [-0.05, 0) is 50.6 Å². The second-order valence-corrected chi connectivity index (χ2v) is 9.27. The molecule has 0 aliphatic heterocycles. The zero-order valence-electron chi connectivity index (χ0n) is 18.1. The van der Waals surface area contributed by atoms with Gasteiger partial charge in [-0.25, -0.2) is 8.42 Å². The van der Waals surface area contributed by atoms with Gasteiger partial charge in [0.1, 0.15) is 6.04 Å². The molecule has 31 heavy (non-hydrogen) atoms. The maximum atomic E-state index is 13.2. The van der Waals surface area contributed by atoms with Crippen LogP contribution < -0.4 is 9.62 Å². The summed E-state index contributed by atoms with van der Waals surface area (Å²) in [5.41, 5.74) is 0.981. The summed E-state index contributed by atoms with van der Waals surface area (Å²) in [6, 6.07) is 12.0. The Morgan fingerprint density at radius 2 is 1.68 bits per heavy atom. The Balaban J connectivity index is 2.42. The van der Waals surface area contributed by atoms with E-state index in [-0.39, 0.29) is 12.3 Å². The monoisotopic (exact) mass is 465 g/mol. The fraction of sp³-hybridized carbons (Fsp3) is 0.364. The summed E-state index contributed by atoms with van der Waals surface area (Å²) in [6.07, 6.45) is 1.26. The van der Waals surface area contributed by atoms with Crippen molar-refractivity contribution in [3.05, 3.63) is 59.1 Å². The third-order valence-corrected chi connectivity index (χ3v) is 6.27. The van der Waals surface area contributed by atoms with Crippen LogP contribution in [0.3, 0.4) is 0 Å². The zero-order chi connectivity index (χ0) is 23.2. The second kappa shape index (κ2) is 10.6. The summed E-state index contributed by atoms with van der Waals surface area (Å²) in [5, 5.41) is 3.11. The van der Waals surface area contributed by atoms with Crippen molar-refractivity contribution in [3.63, 3.8) is 0 Å². The maximum Gasteiger partial charge on any atom is 0.255 e. The molecule has 0 aromatic heterocycles. The number of sulfonamides is 1. The third-order valence-electron chi connectivity index (χ3n) is 4.86. The molecule has 1 atom stereocenters. The molecule has 7 nitrogen and oxygen atoms in total. The number of carbonyl (C=O) groups is 2. The highest BCUT2D eigenvalue weighted by molar-refractivity contribution is 7.92. The van der Waals surface area contributed by atoms with Crippen molar-refractivity contribution in [2.24, 2.45) is 0 Å². The Morgan fingerprint density at radius 3 is 2.23 bits per heavy atom. The molecule has 0 radical (unpaired) electrons. The van der Waals surface area contributed by atoms with Crippen LogP contribution in [0.15, 0.2) is 48.5 Å². The van der Waals surface area contributed by atoms with E-state index in [4.69, 9.17) is 11.6 Å². The normalized spacial score (nSPS) is 12.2. The molecule has 0 aliphatic rings. The summed E-state index contributed by atoms with van der Waals surface area (Å²) in [7, 11) is -3.79. The first kappa shape index (κ1) is 24.7. The first-order valence-electron chi connectivity index (χ1n) is 10.1. The van der Waals surface area contributed by atoms with Crippen molar-refractivity contribution >= 4 is 44.8 Å². The Bertz CT molecular complexity index is 1040. The second-order valence-electron chi connectivity index (χ2n) is 6.98. The lowest BCUT2D eigenvalue weighted by atomic mass is 10.1. The molecule has 0 aliphatic carbocycles. The summed E-state index contributed by atoms with van der Waals surface area (Å²) < 4.78 is 26.2. The van der Waals surface area contributed by atoms with Crippen LogP contribution in [0.2, 0.25) is 5.02 Å². The van der Waals surface area contributed by atoms with E-state index >= 15 is 0 Å². The lowest BCUT2D eigenvalue weighted by molar-refractivity contribution is -0.117. The largest absolute Gasteiger partial charge is 0.339 e. The number of rotatable bonds is 9. The molecule has 0 bridgehead atoms. The van der Waals surface area contributed by atoms with Gasteiger partial charge in [0.05, 0.1) is 23.2 Å². The highest BCUT2D eigenvalue weighted by Gasteiger charge is 2.32. The molecule has 1 N–H and O–H groups in total. The molecule has 0 fully saturated rings. The summed E-state index contributed by atoms with van der Waals surface area (Å²) in [6.45, 7) is 6.55. The number of para-hydroxylation sites is 1. The Labute approximate surface area is 189 Å². The Kier molecular flexibility index (Phi) is 8.47. The third kappa shape index (κ3) is 5.98. The van der Waals surface area contributed by atoms with Crippen molar-refractivity contribution in [2.75, 3.05) is 29.0 Å². The van der Waals surface area contributed by atoms with Crippen molar-refractivity contribution in [3.8, 4) is 0 Å². The van der Waals surface area contributed by atoms with E-state index in [1.165, 1.54) is 6.07 Å². The minimum atomic E-state index is -3.79. The van der Waals surface area contributed by atoms with Gasteiger partial charge < -0.3 is 10.2 Å². The van der Waals surface area contributed by atoms with Gasteiger partial charge in [-0.15, -0.1) is 0 Å². The lowest BCUT2D eigenvalue weighted by Gasteiger charge is -2.30. The van der Waals surface area contributed by atoms with Crippen LogP contribution in [-0.4, -0.2) is 50.5 Å². The van der Waals surface area contributed by atoms with Gasteiger partial charge in [0.25, 0.3) is 5.91 Å². The van der Waals surface area contributed by atoms with Gasteiger partial charge in [-0.2, -0.15) is 0 Å². The molecule has 0 saturated heterocycles. The summed E-state index contributed by atoms with van der Waals surface area (Å²) >= 11 is 6.04. The van der Waals surface area contributed by atoms with Gasteiger partial charge in [0, 0.05) is 18.1 Å². The summed E-state index contributed by atoms with van der Waals surface area (Å²) in [5.74, 6) is -0.739. The number of nitrogens with one attached hydrogen (secondary N) is 1. The first-order valence-corrected chi connectivity index (χ1v) is 12.3. The quantitative estimate of drug-likeness (QED) is 0.606. The number of hydrogen-bond donors (Lipinski definition) is 1. The van der Waals surface area contributed by atoms with Gasteiger partial charge in [0.2, 0.25) is 15.9 Å². The van der Waals surface area contributed by atoms with Crippen LogP contribution in [0.5, 0.6) is 0 Å². The minimum absolute atomic E-state index is 0.205. The molecular weight excluding hydrogens is 438 g/mol. The SMILES string of the molecule is CC[C@H](C(=O)Nc1ccccc1C(=O)N(CC)CC)N(c1cccc(Cl)c1)S(C)(=O)=O. The van der Waals surface area contributed by atoms with E-state index in [0.717, 1.165) is 10.6 Å². The number of amides is 2. The highest BCUT2D eigenvalue weighted by atomic mass is 35.5. The van der Waals surface area contributed by atoms with Crippen molar-refractivity contribution in [2.45, 2.75) is 33.2 Å². The molecule has 0 saturated carbocycles. The predicted octanol–water partition coefficient (Wildman–Crippen LogP) is 4.01. The molecule has 168 valence electrons. The van der Waals surface area contributed by atoms with Gasteiger partial charge in [0.15, 0.2) is 0 Å². The van der Waals surface area contributed by atoms with Crippen LogP contribution >= 0.6 is 11.6 Å². The van der Waals surface area contributed by atoms with E-state index in [9.17, 15) is 18.0 Å². The number of nitrogens with zero attached hydrogens (tertiary/aromatic N) is 2. The standard InChI is InChI=1S/C22H28ClN3O4S/c1-5-20(26(31(4,29)30)17-12-10-11-16(23)15-17)21(27)24-19-14-9-8-13-18(19)22(28)25(6-2)7-3/h8-15,20H,5-7H2,1-4H3,(H,24,27)/t20-/m1/s1. The van der Waals surface area contributed by atoms with Crippen LogP contribution in [0.25, 0.3) is 0 Å². The number of halogens is 1. The van der Waals surface area contributed by atoms with E-state index in [1.54, 1.807) is 54.3 Å². The molecule has 2 rings (SSSR count). The fourth-order valence-corrected chi connectivity index (χ4v) is 4.74. The topological polar surface area (TPSA) is 86.8 Å². The molecule has 2 amide bonds. The van der Waals surface area contributed by atoms with Crippen LogP contribution in [0.1, 0.15) is 37.6 Å². The van der Waals surface area contributed by atoms with Crippen molar-refractivity contribution in [1.82, 2.24) is 4.90 Å². The average Bonchev–Trinajstić information content (AvgIpc) is 2.72. The van der Waals surface area contributed by atoms with E-state index in [1.807, 2.05) is 13.8 Å². The number of anilines is 2. The zero-order valence-corrected chi connectivity index (χ0v) is 19.7. The van der Waals surface area contributed by atoms with Gasteiger partial charge >= 0.3 is 0 Å². The molecule has 2 aromatic rings. The number of benzene rings is 2. The maximum absolute atomic E-state index is 13.2. The van der Waals surface area contributed by atoms with Crippen LogP contribution in [0, 0.1) is 0 Å². The fourth-order valence-electron chi connectivity index (χ4n) is 3.35. The molecule has 0 unspecified atom stereocenters. The molecule has 0 heterocycles. The summed E-state index contributed by atoms with van der Waals surface area (Å²) in [4.78, 5) is 27.7. The molecule has 2 aromatic carbocycles. The van der Waals surface area contributed by atoms with Gasteiger partial charge in [-0.1, -0.05) is 36.7 Å². The molecule has 0 spiro atoms. The van der Waals surface area contributed by atoms with Crippen LogP contribution in [0.4, 0.5) is 11.4 Å². The first-order chi connectivity index (χ1) is 14.6. The lowest BCUT2D eigenvalue weighted by Crippen LogP contribution is -2.47. The van der Waals surface area contributed by atoms with Gasteiger partial charge in [-0.3, -0.25) is 13.9 Å². The highest BCUT2D eigenvalue weighted by Crippen LogP contribution is 2.26. The Hall–Kier alpha value is -2.58. The predicted molar refractivity (Wildman–Crippen MR) is 125 cm³/mol. The van der Waals surface area contributed by atoms with Crippen molar-refractivity contribution < 1.29 is 18.0 Å².